The van der Waals surface area contributed by atoms with E-state index >= 15 is 0 Å². The van der Waals surface area contributed by atoms with Gasteiger partial charge in [0, 0.05) is 16.8 Å². The van der Waals surface area contributed by atoms with Crippen molar-refractivity contribution in [3.05, 3.63) is 34.3 Å². The zero-order valence-corrected chi connectivity index (χ0v) is 15.1. The summed E-state index contributed by atoms with van der Waals surface area (Å²) in [6.45, 7) is 0. The van der Waals surface area contributed by atoms with Crippen molar-refractivity contribution in [2.75, 3.05) is 13.3 Å². The quantitative estimate of drug-likeness (QED) is 0.861. The second-order valence-corrected chi connectivity index (χ2v) is 9.25. The van der Waals surface area contributed by atoms with Crippen LogP contribution in [0.4, 0.5) is 0 Å². The van der Waals surface area contributed by atoms with E-state index < -0.39 is 9.84 Å². The molecule has 3 nitrogen and oxygen atoms in total. The second-order valence-electron chi connectivity index (χ2n) is 6.07. The first-order valence-electron chi connectivity index (χ1n) is 7.51. The number of hydrogen-bond acceptors (Lipinski definition) is 3. The Balaban J connectivity index is 2.09. The molecule has 0 aromatic heterocycles. The van der Waals surface area contributed by atoms with E-state index in [1.54, 1.807) is 0 Å². The lowest BCUT2D eigenvalue weighted by molar-refractivity contribution is 0.277. The van der Waals surface area contributed by atoms with Crippen LogP contribution in [0.25, 0.3) is 0 Å². The van der Waals surface area contributed by atoms with Crippen LogP contribution in [0.5, 0.6) is 0 Å². The third-order valence-corrected chi connectivity index (χ3v) is 7.02. The average Bonchev–Trinajstić information content (AvgIpc) is 2.46. The molecule has 0 amide bonds. The summed E-state index contributed by atoms with van der Waals surface area (Å²) in [6.07, 6.45) is 6.04. The van der Waals surface area contributed by atoms with Crippen LogP contribution >= 0.6 is 15.9 Å². The molecule has 1 N–H and O–H groups in total. The Morgan fingerprint density at radius 3 is 2.67 bits per heavy atom. The first kappa shape index (κ1) is 17.0. The van der Waals surface area contributed by atoms with Crippen molar-refractivity contribution < 1.29 is 8.42 Å². The van der Waals surface area contributed by atoms with Crippen molar-refractivity contribution in [1.29, 1.82) is 0 Å². The van der Waals surface area contributed by atoms with Crippen molar-refractivity contribution in [3.63, 3.8) is 0 Å². The Bertz CT molecular complexity index is 573. The van der Waals surface area contributed by atoms with Gasteiger partial charge in [0.25, 0.3) is 0 Å². The molecule has 1 aliphatic rings. The van der Waals surface area contributed by atoms with Gasteiger partial charge in [-0.1, -0.05) is 40.5 Å². The van der Waals surface area contributed by atoms with Crippen LogP contribution in [-0.4, -0.2) is 33.0 Å². The lowest BCUT2D eigenvalue weighted by Gasteiger charge is -2.34. The van der Waals surface area contributed by atoms with Gasteiger partial charge in [-0.25, -0.2) is 8.42 Å². The molecule has 1 aromatic carbocycles. The van der Waals surface area contributed by atoms with E-state index in [2.05, 4.69) is 33.4 Å². The topological polar surface area (TPSA) is 46.2 Å². The number of benzene rings is 1. The molecule has 1 fully saturated rings. The summed E-state index contributed by atoms with van der Waals surface area (Å²) >= 11 is 3.60. The molecule has 5 heteroatoms. The molecule has 3 unspecified atom stereocenters. The predicted molar refractivity (Wildman–Crippen MR) is 91.3 cm³/mol. The van der Waals surface area contributed by atoms with E-state index in [0.717, 1.165) is 36.6 Å². The van der Waals surface area contributed by atoms with Gasteiger partial charge in [0.15, 0.2) is 0 Å². The van der Waals surface area contributed by atoms with E-state index in [4.69, 9.17) is 0 Å². The summed E-state index contributed by atoms with van der Waals surface area (Å²) in [6, 6.07) is 8.58. The fraction of sp³-hybridized carbons (Fsp3) is 0.625. The fourth-order valence-electron chi connectivity index (χ4n) is 3.34. The minimum Gasteiger partial charge on any atom is -0.316 e. The molecule has 0 radical (unpaired) electrons. The Hall–Kier alpha value is -0.390. The number of nitrogens with one attached hydrogen (secondary N) is 1. The smallest absolute Gasteiger partial charge is 0.150 e. The first-order valence-corrected chi connectivity index (χ1v) is 10.3. The number of sulfone groups is 1. The highest BCUT2D eigenvalue weighted by atomic mass is 79.9. The average molecular weight is 374 g/mol. The standard InChI is InChI=1S/C16H24BrNO2S/c1-18-16(11-12-6-3-4-9-15(12)17)13-7-5-8-14(10-13)21(2,19)20/h3-4,6,9,13-14,16,18H,5,7-8,10-11H2,1-2H3. The Morgan fingerprint density at radius 2 is 2.05 bits per heavy atom. The third kappa shape index (κ3) is 4.54. The first-order chi connectivity index (χ1) is 9.91. The van der Waals surface area contributed by atoms with Gasteiger partial charge in [-0.05, 0) is 50.3 Å². The molecular formula is C16H24BrNO2S. The highest BCUT2D eigenvalue weighted by molar-refractivity contribution is 9.10. The molecule has 1 aromatic rings. The molecule has 0 spiro atoms. The zero-order valence-electron chi connectivity index (χ0n) is 12.7. The van der Waals surface area contributed by atoms with Crippen molar-refractivity contribution in [3.8, 4) is 0 Å². The fourth-order valence-corrected chi connectivity index (χ4v) is 4.98. The number of likely N-dealkylation sites (N-methyl/N-ethyl adjacent to an activating group) is 1. The Kier molecular flexibility index (Phi) is 5.86. The highest BCUT2D eigenvalue weighted by Gasteiger charge is 2.32. The van der Waals surface area contributed by atoms with Crippen LogP contribution in [0.2, 0.25) is 0 Å². The summed E-state index contributed by atoms with van der Waals surface area (Å²) in [5.74, 6) is 0.426. The van der Waals surface area contributed by atoms with Crippen molar-refractivity contribution in [1.82, 2.24) is 5.32 Å². The van der Waals surface area contributed by atoms with Crippen LogP contribution in [0.1, 0.15) is 31.2 Å². The summed E-state index contributed by atoms with van der Waals surface area (Å²) in [5, 5.41) is 3.24. The van der Waals surface area contributed by atoms with Gasteiger partial charge < -0.3 is 5.32 Å². The van der Waals surface area contributed by atoms with Gasteiger partial charge >= 0.3 is 0 Å². The lowest BCUT2D eigenvalue weighted by Crippen LogP contribution is -2.40. The molecule has 118 valence electrons. The van der Waals surface area contributed by atoms with Gasteiger partial charge in [-0.2, -0.15) is 0 Å². The second kappa shape index (κ2) is 7.25. The maximum Gasteiger partial charge on any atom is 0.150 e. The Labute approximate surface area is 136 Å². The minimum absolute atomic E-state index is 0.161. The molecule has 21 heavy (non-hydrogen) atoms. The highest BCUT2D eigenvalue weighted by Crippen LogP contribution is 2.32. The maximum absolute atomic E-state index is 11.8. The molecule has 1 aliphatic carbocycles. The van der Waals surface area contributed by atoms with Crippen molar-refractivity contribution in [2.45, 2.75) is 43.4 Å². The van der Waals surface area contributed by atoms with Crippen molar-refractivity contribution >= 4 is 25.8 Å². The molecule has 0 bridgehead atoms. The number of rotatable bonds is 5. The molecule has 1 saturated carbocycles. The maximum atomic E-state index is 11.8. The van der Waals surface area contributed by atoms with E-state index in [1.807, 2.05) is 19.2 Å². The van der Waals surface area contributed by atoms with Crippen LogP contribution in [0, 0.1) is 5.92 Å². The number of hydrogen-bond donors (Lipinski definition) is 1. The lowest BCUT2D eigenvalue weighted by atomic mass is 9.81. The molecule has 2 rings (SSSR count). The van der Waals surface area contributed by atoms with E-state index in [1.165, 1.54) is 11.8 Å². The van der Waals surface area contributed by atoms with Gasteiger partial charge in [0.2, 0.25) is 0 Å². The van der Waals surface area contributed by atoms with Crippen LogP contribution < -0.4 is 5.32 Å². The van der Waals surface area contributed by atoms with E-state index in [9.17, 15) is 8.42 Å². The van der Waals surface area contributed by atoms with Crippen molar-refractivity contribution in [2.24, 2.45) is 5.92 Å². The van der Waals surface area contributed by atoms with Gasteiger partial charge in [0.1, 0.15) is 9.84 Å². The van der Waals surface area contributed by atoms with Crippen LogP contribution in [0.15, 0.2) is 28.7 Å². The monoisotopic (exact) mass is 373 g/mol. The zero-order chi connectivity index (χ0) is 15.5. The molecule has 3 atom stereocenters. The molecule has 0 heterocycles. The minimum atomic E-state index is -2.92. The molecular weight excluding hydrogens is 350 g/mol. The van der Waals surface area contributed by atoms with Gasteiger partial charge in [-0.15, -0.1) is 0 Å². The molecule has 0 saturated heterocycles. The normalized spacial score (nSPS) is 24.7. The summed E-state index contributed by atoms with van der Waals surface area (Å²) in [4.78, 5) is 0. The summed E-state index contributed by atoms with van der Waals surface area (Å²) in [7, 11) is -0.941. The molecule has 0 aliphatic heterocycles. The SMILES string of the molecule is CNC(Cc1ccccc1Br)C1CCCC(S(C)(=O)=O)C1. The predicted octanol–water partition coefficient (Wildman–Crippen LogP) is 3.18. The van der Waals surface area contributed by atoms with E-state index in [0.29, 0.717) is 12.0 Å². The Morgan fingerprint density at radius 1 is 1.33 bits per heavy atom. The van der Waals surface area contributed by atoms with Crippen LogP contribution in [0.3, 0.4) is 0 Å². The third-order valence-electron chi connectivity index (χ3n) is 4.61. The van der Waals surface area contributed by atoms with E-state index in [-0.39, 0.29) is 5.25 Å². The van der Waals surface area contributed by atoms with Crippen LogP contribution in [-0.2, 0) is 16.3 Å². The summed E-state index contributed by atoms with van der Waals surface area (Å²) in [5.41, 5.74) is 1.28. The van der Waals surface area contributed by atoms with Gasteiger partial charge in [-0.3, -0.25) is 0 Å². The number of halogens is 1. The van der Waals surface area contributed by atoms with Gasteiger partial charge in [0.05, 0.1) is 5.25 Å². The largest absolute Gasteiger partial charge is 0.316 e. The summed E-state index contributed by atoms with van der Waals surface area (Å²) < 4.78 is 24.8.